The highest BCUT2D eigenvalue weighted by molar-refractivity contribution is 7.80. The molecule has 17 heavy (non-hydrogen) atoms. The number of pyridine rings is 1. The van der Waals surface area contributed by atoms with Gasteiger partial charge in [0.05, 0.1) is 17.6 Å². The predicted molar refractivity (Wildman–Crippen MR) is 74.3 cm³/mol. The fourth-order valence-corrected chi connectivity index (χ4v) is 1.42. The van der Waals surface area contributed by atoms with E-state index in [1.54, 1.807) is 6.20 Å². The number of aromatic nitrogens is 1. The molecule has 1 aromatic rings. The average Bonchev–Trinajstić information content (AvgIpc) is 2.34. The van der Waals surface area contributed by atoms with Crippen LogP contribution in [0.25, 0.3) is 0 Å². The summed E-state index contributed by atoms with van der Waals surface area (Å²) in [6.07, 6.45) is 3.79. The molecule has 0 aromatic carbocycles. The molecule has 0 saturated heterocycles. The lowest BCUT2D eigenvalue weighted by Crippen LogP contribution is -2.12. The highest BCUT2D eigenvalue weighted by Crippen LogP contribution is 2.05. The van der Waals surface area contributed by atoms with E-state index in [9.17, 15) is 0 Å². The quantitative estimate of drug-likeness (QED) is 0.548. The number of anilines is 1. The number of thiocarbonyl (C=S) groups is 1. The van der Waals surface area contributed by atoms with Crippen molar-refractivity contribution in [2.24, 2.45) is 5.73 Å². The van der Waals surface area contributed by atoms with Gasteiger partial charge in [-0.05, 0) is 25.0 Å². The molecule has 0 aliphatic heterocycles. The molecule has 1 heterocycles. The van der Waals surface area contributed by atoms with Crippen LogP contribution in [-0.4, -0.2) is 29.7 Å². The van der Waals surface area contributed by atoms with Crippen LogP contribution in [0.3, 0.4) is 0 Å². The van der Waals surface area contributed by atoms with Crippen molar-refractivity contribution in [3.8, 4) is 0 Å². The van der Waals surface area contributed by atoms with Crippen molar-refractivity contribution < 1.29 is 4.74 Å². The molecular formula is C12H19N3OS. The van der Waals surface area contributed by atoms with Gasteiger partial charge in [-0.3, -0.25) is 4.98 Å². The van der Waals surface area contributed by atoms with Gasteiger partial charge in [-0.25, -0.2) is 0 Å². The minimum absolute atomic E-state index is 0.324. The standard InChI is InChI=1S/C12H19N3OS/c1-2-7-16-8-3-6-14-10-4-5-11(12(13)17)15-9-10/h4-5,9,14H,2-3,6-8H2,1H3,(H2,13,17). The van der Waals surface area contributed by atoms with Gasteiger partial charge in [-0.15, -0.1) is 0 Å². The molecule has 0 aliphatic rings. The molecule has 0 saturated carbocycles. The fraction of sp³-hybridized carbons (Fsp3) is 0.500. The first kappa shape index (κ1) is 13.9. The summed E-state index contributed by atoms with van der Waals surface area (Å²) in [5, 5.41) is 3.26. The van der Waals surface area contributed by atoms with Gasteiger partial charge in [0.1, 0.15) is 4.99 Å². The maximum atomic E-state index is 5.46. The summed E-state index contributed by atoms with van der Waals surface area (Å²) in [6.45, 7) is 4.61. The van der Waals surface area contributed by atoms with Gasteiger partial charge in [-0.2, -0.15) is 0 Å². The van der Waals surface area contributed by atoms with Crippen molar-refractivity contribution in [3.63, 3.8) is 0 Å². The Labute approximate surface area is 108 Å². The van der Waals surface area contributed by atoms with E-state index in [4.69, 9.17) is 22.7 Å². The third-order valence-corrected chi connectivity index (χ3v) is 2.37. The third-order valence-electron chi connectivity index (χ3n) is 2.16. The fourth-order valence-electron chi connectivity index (χ4n) is 1.30. The smallest absolute Gasteiger partial charge is 0.122 e. The van der Waals surface area contributed by atoms with Gasteiger partial charge in [0.25, 0.3) is 0 Å². The van der Waals surface area contributed by atoms with E-state index >= 15 is 0 Å². The number of rotatable bonds is 8. The SMILES string of the molecule is CCCOCCCNc1ccc(C(N)=S)nc1. The van der Waals surface area contributed by atoms with Gasteiger partial charge < -0.3 is 15.8 Å². The zero-order valence-electron chi connectivity index (χ0n) is 10.1. The number of hydrogen-bond donors (Lipinski definition) is 2. The summed E-state index contributed by atoms with van der Waals surface area (Å²) in [5.41, 5.74) is 7.09. The maximum Gasteiger partial charge on any atom is 0.122 e. The van der Waals surface area contributed by atoms with E-state index in [0.717, 1.165) is 38.3 Å². The largest absolute Gasteiger partial charge is 0.388 e. The van der Waals surface area contributed by atoms with Crippen molar-refractivity contribution in [2.75, 3.05) is 25.1 Å². The molecule has 0 radical (unpaired) electrons. The van der Waals surface area contributed by atoms with Crippen LogP contribution in [0.1, 0.15) is 25.5 Å². The second kappa shape index (κ2) is 7.97. The average molecular weight is 253 g/mol. The molecule has 94 valence electrons. The minimum atomic E-state index is 0.324. The normalized spacial score (nSPS) is 10.2. The second-order valence-corrected chi connectivity index (χ2v) is 4.13. The summed E-state index contributed by atoms with van der Waals surface area (Å²) < 4.78 is 5.38. The Bertz CT molecular complexity index is 340. The molecule has 1 aromatic heterocycles. The van der Waals surface area contributed by atoms with Crippen molar-refractivity contribution in [2.45, 2.75) is 19.8 Å². The van der Waals surface area contributed by atoms with Gasteiger partial charge in [0, 0.05) is 19.8 Å². The Hall–Kier alpha value is -1.20. The molecule has 0 amide bonds. The number of nitrogens with two attached hydrogens (primary N) is 1. The van der Waals surface area contributed by atoms with E-state index in [0.29, 0.717) is 10.7 Å². The highest BCUT2D eigenvalue weighted by Gasteiger charge is 1.97. The first-order valence-corrected chi connectivity index (χ1v) is 6.22. The van der Waals surface area contributed by atoms with Gasteiger partial charge >= 0.3 is 0 Å². The lowest BCUT2D eigenvalue weighted by Gasteiger charge is -2.06. The van der Waals surface area contributed by atoms with Crippen LogP contribution in [-0.2, 0) is 4.74 Å². The summed E-state index contributed by atoms with van der Waals surface area (Å²) in [4.78, 5) is 4.47. The van der Waals surface area contributed by atoms with E-state index in [-0.39, 0.29) is 0 Å². The Balaban J connectivity index is 2.21. The molecule has 4 nitrogen and oxygen atoms in total. The molecule has 5 heteroatoms. The van der Waals surface area contributed by atoms with Crippen LogP contribution in [0.5, 0.6) is 0 Å². The summed E-state index contributed by atoms with van der Waals surface area (Å²) >= 11 is 4.83. The maximum absolute atomic E-state index is 5.46. The van der Waals surface area contributed by atoms with Gasteiger partial charge in [-0.1, -0.05) is 19.1 Å². The molecule has 1 rings (SSSR count). The van der Waals surface area contributed by atoms with Crippen molar-refractivity contribution >= 4 is 22.9 Å². The van der Waals surface area contributed by atoms with Crippen molar-refractivity contribution in [3.05, 3.63) is 24.0 Å². The minimum Gasteiger partial charge on any atom is -0.388 e. The lowest BCUT2D eigenvalue weighted by atomic mass is 10.3. The van der Waals surface area contributed by atoms with E-state index < -0.39 is 0 Å². The molecule has 0 unspecified atom stereocenters. The lowest BCUT2D eigenvalue weighted by molar-refractivity contribution is 0.134. The summed E-state index contributed by atoms with van der Waals surface area (Å²) in [6, 6.07) is 3.74. The number of nitrogens with one attached hydrogen (secondary N) is 1. The van der Waals surface area contributed by atoms with E-state index in [1.165, 1.54) is 0 Å². The topological polar surface area (TPSA) is 60.2 Å². The molecule has 3 N–H and O–H groups in total. The Morgan fingerprint density at radius 2 is 2.29 bits per heavy atom. The van der Waals surface area contributed by atoms with Crippen LogP contribution < -0.4 is 11.1 Å². The zero-order chi connectivity index (χ0) is 12.5. The molecule has 0 fully saturated rings. The highest BCUT2D eigenvalue weighted by atomic mass is 32.1. The Kier molecular flexibility index (Phi) is 6.50. The summed E-state index contributed by atoms with van der Waals surface area (Å²) in [7, 11) is 0. The van der Waals surface area contributed by atoms with Crippen LogP contribution in [0.2, 0.25) is 0 Å². The van der Waals surface area contributed by atoms with Crippen LogP contribution in [0.15, 0.2) is 18.3 Å². The van der Waals surface area contributed by atoms with E-state index in [2.05, 4.69) is 17.2 Å². The van der Waals surface area contributed by atoms with Crippen molar-refractivity contribution in [1.82, 2.24) is 4.98 Å². The third kappa shape index (κ3) is 5.60. The Morgan fingerprint density at radius 3 is 2.88 bits per heavy atom. The zero-order valence-corrected chi connectivity index (χ0v) is 10.9. The van der Waals surface area contributed by atoms with Crippen molar-refractivity contribution in [1.29, 1.82) is 0 Å². The molecule has 0 atom stereocenters. The second-order valence-electron chi connectivity index (χ2n) is 3.69. The molecule has 0 aliphatic carbocycles. The van der Waals surface area contributed by atoms with Gasteiger partial charge in [0.15, 0.2) is 0 Å². The molecule has 0 bridgehead atoms. The van der Waals surface area contributed by atoms with Crippen LogP contribution in [0.4, 0.5) is 5.69 Å². The van der Waals surface area contributed by atoms with Crippen LogP contribution in [0, 0.1) is 0 Å². The molecular weight excluding hydrogens is 234 g/mol. The van der Waals surface area contributed by atoms with Gasteiger partial charge in [0.2, 0.25) is 0 Å². The number of hydrogen-bond acceptors (Lipinski definition) is 4. The molecule has 0 spiro atoms. The van der Waals surface area contributed by atoms with E-state index in [1.807, 2.05) is 12.1 Å². The first-order chi connectivity index (χ1) is 8.24. The summed E-state index contributed by atoms with van der Waals surface area (Å²) in [5.74, 6) is 0. The first-order valence-electron chi connectivity index (χ1n) is 5.81. The number of nitrogens with zero attached hydrogens (tertiary/aromatic N) is 1. The van der Waals surface area contributed by atoms with Crippen LogP contribution >= 0.6 is 12.2 Å². The monoisotopic (exact) mass is 253 g/mol. The predicted octanol–water partition coefficient (Wildman–Crippen LogP) is 1.94. The Morgan fingerprint density at radius 1 is 1.47 bits per heavy atom. The number of ether oxygens (including phenoxy) is 1.